The summed E-state index contributed by atoms with van der Waals surface area (Å²) in [5, 5.41) is 11.4. The number of nitro benzene ring substituents is 1. The number of nitrogens with zero attached hydrogens (tertiary/aromatic N) is 2. The van der Waals surface area contributed by atoms with Crippen LogP contribution in [0.15, 0.2) is 84.9 Å². The Morgan fingerprint density at radius 3 is 1.64 bits per heavy atom. The molecule has 1 aliphatic heterocycles. The van der Waals surface area contributed by atoms with Gasteiger partial charge in [0, 0.05) is 12.1 Å². The molecule has 6 rings (SSSR count). The van der Waals surface area contributed by atoms with Gasteiger partial charge in [0.05, 0.1) is 33.3 Å². The molecule has 0 spiro atoms. The van der Waals surface area contributed by atoms with Gasteiger partial charge in [-0.1, -0.05) is 66.7 Å². The lowest BCUT2D eigenvalue weighted by molar-refractivity contribution is -0.384. The highest BCUT2D eigenvalue weighted by molar-refractivity contribution is 6.34. The number of carbonyl (C=O) groups is 3. The maximum Gasteiger partial charge on any atom is 0.271 e. The predicted octanol–water partition coefficient (Wildman–Crippen LogP) is 4.92. The topological polar surface area (TPSA) is 97.6 Å². The van der Waals surface area contributed by atoms with E-state index in [2.05, 4.69) is 0 Å². The fraction of sp³-hybridized carbons (Fsp3) is 0.207. The number of nitro groups is 1. The third-order valence-electron chi connectivity index (χ3n) is 8.21. The zero-order valence-corrected chi connectivity index (χ0v) is 19.7. The van der Waals surface area contributed by atoms with Gasteiger partial charge in [0.2, 0.25) is 11.8 Å². The van der Waals surface area contributed by atoms with Gasteiger partial charge in [-0.25, -0.2) is 4.90 Å². The lowest BCUT2D eigenvalue weighted by atomic mass is 9.63. The molecule has 2 aliphatic carbocycles. The quantitative estimate of drug-likeness (QED) is 0.301. The summed E-state index contributed by atoms with van der Waals surface area (Å²) in [4.78, 5) is 53.9. The van der Waals surface area contributed by atoms with E-state index in [0.717, 1.165) is 27.2 Å². The maximum absolute atomic E-state index is 14.2. The number of amides is 2. The molecule has 3 aromatic rings. The fourth-order valence-corrected chi connectivity index (χ4v) is 6.81. The number of rotatable bonds is 4. The molecule has 2 bridgehead atoms. The molecule has 4 atom stereocenters. The standard InChI is InChI=1S/C29H22N2O5/c1-28-21(17-10-5-3-6-11-17)22(18-12-7-4-8-13-18)29(2,27(28)34)24-23(28)25(32)30(26(24)33)19-14-9-15-20(16-19)31(35)36/h3-16,23-24H,1-2H3/t23-,24+,28-,29-/m0/s1. The minimum atomic E-state index is -1.23. The molecule has 1 saturated heterocycles. The van der Waals surface area contributed by atoms with Crippen molar-refractivity contribution in [3.8, 4) is 0 Å². The number of benzene rings is 3. The summed E-state index contributed by atoms with van der Waals surface area (Å²) in [7, 11) is 0. The van der Waals surface area contributed by atoms with E-state index in [0.29, 0.717) is 0 Å². The molecule has 7 nitrogen and oxygen atoms in total. The van der Waals surface area contributed by atoms with E-state index in [4.69, 9.17) is 0 Å². The van der Waals surface area contributed by atoms with Gasteiger partial charge in [-0.3, -0.25) is 24.5 Å². The van der Waals surface area contributed by atoms with Crippen LogP contribution in [-0.2, 0) is 14.4 Å². The first kappa shape index (κ1) is 22.1. The molecular formula is C29H22N2O5. The molecule has 0 radical (unpaired) electrons. The summed E-state index contributed by atoms with van der Waals surface area (Å²) in [5.41, 5.74) is 0.689. The van der Waals surface area contributed by atoms with Crippen LogP contribution < -0.4 is 4.90 Å². The van der Waals surface area contributed by atoms with E-state index < -0.39 is 39.4 Å². The van der Waals surface area contributed by atoms with E-state index >= 15 is 0 Å². The average molecular weight is 479 g/mol. The van der Waals surface area contributed by atoms with Gasteiger partial charge >= 0.3 is 0 Å². The van der Waals surface area contributed by atoms with Crippen LogP contribution in [0.2, 0.25) is 0 Å². The molecule has 0 aromatic heterocycles. The largest absolute Gasteiger partial charge is 0.298 e. The highest BCUT2D eigenvalue weighted by atomic mass is 16.6. The number of non-ortho nitro benzene ring substituents is 1. The Bertz CT molecular complexity index is 1430. The first-order valence-corrected chi connectivity index (χ1v) is 11.8. The second-order valence-corrected chi connectivity index (χ2v) is 9.96. The van der Waals surface area contributed by atoms with Crippen molar-refractivity contribution in [2.45, 2.75) is 13.8 Å². The highest BCUT2D eigenvalue weighted by Crippen LogP contribution is 2.73. The van der Waals surface area contributed by atoms with E-state index in [1.807, 2.05) is 60.7 Å². The minimum absolute atomic E-state index is 0.136. The summed E-state index contributed by atoms with van der Waals surface area (Å²) < 4.78 is 0. The van der Waals surface area contributed by atoms with Crippen LogP contribution in [0.1, 0.15) is 25.0 Å². The zero-order chi connectivity index (χ0) is 25.4. The van der Waals surface area contributed by atoms with Gasteiger partial charge in [-0.15, -0.1) is 0 Å². The van der Waals surface area contributed by atoms with E-state index in [1.54, 1.807) is 13.8 Å². The average Bonchev–Trinajstić information content (AvgIpc) is 3.34. The number of Topliss-reactive ketones (excluding diaryl/α,β-unsaturated/α-hetero) is 1. The predicted molar refractivity (Wildman–Crippen MR) is 133 cm³/mol. The van der Waals surface area contributed by atoms with Crippen LogP contribution in [0.25, 0.3) is 11.1 Å². The zero-order valence-electron chi connectivity index (χ0n) is 19.7. The van der Waals surface area contributed by atoms with E-state index in [1.165, 1.54) is 24.3 Å². The number of hydrogen-bond acceptors (Lipinski definition) is 5. The van der Waals surface area contributed by atoms with E-state index in [9.17, 15) is 24.5 Å². The first-order valence-electron chi connectivity index (χ1n) is 11.8. The van der Waals surface area contributed by atoms with E-state index in [-0.39, 0.29) is 17.2 Å². The van der Waals surface area contributed by atoms with Crippen LogP contribution in [0.3, 0.4) is 0 Å². The third kappa shape index (κ3) is 2.54. The van der Waals surface area contributed by atoms with Crippen LogP contribution >= 0.6 is 0 Å². The molecule has 0 N–H and O–H groups in total. The van der Waals surface area contributed by atoms with Crippen molar-refractivity contribution in [1.29, 1.82) is 0 Å². The molecule has 36 heavy (non-hydrogen) atoms. The van der Waals surface area contributed by atoms with Crippen LogP contribution in [0, 0.1) is 32.8 Å². The van der Waals surface area contributed by atoms with Gasteiger partial charge in [-0.2, -0.15) is 0 Å². The Hall–Kier alpha value is -4.39. The molecule has 178 valence electrons. The SMILES string of the molecule is C[C@]12C(=O)[C@@](C)(C(c3ccccc3)=C1c1ccccc1)[C@H]1C(=O)N(c3cccc([N+](=O)[O-])c3)C(=O)[C@H]12. The van der Waals surface area contributed by atoms with Gasteiger partial charge in [0.15, 0.2) is 5.78 Å². The lowest BCUT2D eigenvalue weighted by Crippen LogP contribution is -2.40. The summed E-state index contributed by atoms with van der Waals surface area (Å²) >= 11 is 0. The first-order chi connectivity index (χ1) is 17.2. The molecule has 7 heteroatoms. The summed E-state index contributed by atoms with van der Waals surface area (Å²) in [6.45, 7) is 3.55. The summed E-state index contributed by atoms with van der Waals surface area (Å²) in [6.07, 6.45) is 0. The van der Waals surface area contributed by atoms with Crippen LogP contribution in [-0.4, -0.2) is 22.5 Å². The number of fused-ring (bicyclic) bond motifs is 5. The Morgan fingerprint density at radius 1 is 0.722 bits per heavy atom. The molecule has 1 saturated carbocycles. The number of carbonyl (C=O) groups excluding carboxylic acids is 3. The Morgan fingerprint density at radius 2 is 1.19 bits per heavy atom. The normalized spacial score (nSPS) is 28.7. The minimum Gasteiger partial charge on any atom is -0.298 e. The van der Waals surface area contributed by atoms with Crippen molar-refractivity contribution in [3.05, 3.63) is 106 Å². The summed E-state index contributed by atoms with van der Waals surface area (Å²) in [5.74, 6) is -2.92. The Kier molecular flexibility index (Phi) is 4.48. The van der Waals surface area contributed by atoms with Crippen molar-refractivity contribution in [3.63, 3.8) is 0 Å². The van der Waals surface area contributed by atoms with Crippen molar-refractivity contribution < 1.29 is 19.3 Å². The van der Waals surface area contributed by atoms with Gasteiger partial charge < -0.3 is 0 Å². The molecule has 3 aromatic carbocycles. The van der Waals surface area contributed by atoms with Gasteiger partial charge in [0.25, 0.3) is 5.69 Å². The number of anilines is 1. The molecule has 1 heterocycles. The molecule has 2 amide bonds. The van der Waals surface area contributed by atoms with Crippen LogP contribution in [0.4, 0.5) is 11.4 Å². The smallest absolute Gasteiger partial charge is 0.271 e. The number of ketones is 1. The maximum atomic E-state index is 14.2. The van der Waals surface area contributed by atoms with Gasteiger partial charge in [-0.05, 0) is 42.2 Å². The molecule has 3 aliphatic rings. The number of imide groups is 1. The second kappa shape index (κ2) is 7.31. The number of hydrogen-bond donors (Lipinski definition) is 0. The van der Waals surface area contributed by atoms with Gasteiger partial charge in [0.1, 0.15) is 0 Å². The lowest BCUT2D eigenvalue weighted by Gasteiger charge is -2.35. The monoisotopic (exact) mass is 478 g/mol. The number of allylic oxidation sites excluding steroid dienone is 2. The molecule has 2 fully saturated rings. The Labute approximate surface area is 207 Å². The third-order valence-corrected chi connectivity index (χ3v) is 8.21. The van der Waals surface area contributed by atoms with Crippen molar-refractivity contribution in [2.75, 3.05) is 4.90 Å². The van der Waals surface area contributed by atoms with Crippen molar-refractivity contribution in [1.82, 2.24) is 0 Å². The highest BCUT2D eigenvalue weighted by Gasteiger charge is 2.78. The summed E-state index contributed by atoms with van der Waals surface area (Å²) in [6, 6.07) is 24.6. The van der Waals surface area contributed by atoms with Crippen LogP contribution in [0.5, 0.6) is 0 Å². The molecule has 0 unspecified atom stereocenters. The Balaban J connectivity index is 1.60. The van der Waals surface area contributed by atoms with Crippen molar-refractivity contribution >= 4 is 40.1 Å². The fourth-order valence-electron chi connectivity index (χ4n) is 6.81. The second-order valence-electron chi connectivity index (χ2n) is 9.96. The van der Waals surface area contributed by atoms with Crippen molar-refractivity contribution in [2.24, 2.45) is 22.7 Å². The molecular weight excluding hydrogens is 456 g/mol.